The molecule has 106 valence electrons. The molecule has 0 aliphatic carbocycles. The molecule has 20 heavy (non-hydrogen) atoms. The van der Waals surface area contributed by atoms with Crippen LogP contribution in [0.25, 0.3) is 0 Å². The molecule has 0 aliphatic rings. The van der Waals surface area contributed by atoms with Gasteiger partial charge in [0.25, 0.3) is 0 Å². The van der Waals surface area contributed by atoms with E-state index in [0.717, 1.165) is 18.4 Å². The van der Waals surface area contributed by atoms with E-state index in [1.54, 1.807) is 4.68 Å². The molecule has 0 atom stereocenters. The van der Waals surface area contributed by atoms with Crippen LogP contribution in [-0.2, 0) is 13.0 Å². The lowest BCUT2D eigenvalue weighted by atomic mass is 10.1. The molecular weight excluding hydrogens is 254 g/mol. The fraction of sp³-hybridized carbons (Fsp3) is 0.400. The molecule has 0 unspecified atom stereocenters. The fourth-order valence-electron chi connectivity index (χ4n) is 2.17. The monoisotopic (exact) mass is 273 g/mol. The summed E-state index contributed by atoms with van der Waals surface area (Å²) in [5, 5.41) is 17.0. The van der Waals surface area contributed by atoms with Crippen molar-refractivity contribution in [1.29, 1.82) is 0 Å². The molecule has 2 aromatic rings. The van der Waals surface area contributed by atoms with Gasteiger partial charge < -0.3 is 5.11 Å². The highest BCUT2D eigenvalue weighted by Gasteiger charge is 2.18. The second-order valence-corrected chi connectivity index (χ2v) is 4.88. The van der Waals surface area contributed by atoms with Gasteiger partial charge in [-0.15, -0.1) is 5.10 Å². The number of hydrogen-bond acceptors (Lipinski definition) is 3. The number of carboxylic acids is 1. The van der Waals surface area contributed by atoms with Crippen molar-refractivity contribution in [3.8, 4) is 0 Å². The second kappa shape index (κ2) is 6.32. The number of nitrogens with zero attached hydrogens (tertiary/aromatic N) is 3. The van der Waals surface area contributed by atoms with E-state index in [1.165, 1.54) is 5.56 Å². The SMILES string of the molecule is CCCCc1c(C(=O)O)nnn1Cc1ccccc1C. The molecule has 0 bridgehead atoms. The summed E-state index contributed by atoms with van der Waals surface area (Å²) in [7, 11) is 0. The minimum absolute atomic E-state index is 0.0760. The van der Waals surface area contributed by atoms with Gasteiger partial charge in [0.05, 0.1) is 12.2 Å². The zero-order chi connectivity index (χ0) is 14.5. The van der Waals surface area contributed by atoms with E-state index >= 15 is 0 Å². The molecule has 1 aromatic heterocycles. The number of aryl methyl sites for hydroxylation is 1. The molecule has 0 saturated heterocycles. The molecule has 0 radical (unpaired) electrons. The minimum atomic E-state index is -1.01. The maximum Gasteiger partial charge on any atom is 0.358 e. The van der Waals surface area contributed by atoms with E-state index in [0.29, 0.717) is 18.7 Å². The molecule has 0 fully saturated rings. The van der Waals surface area contributed by atoms with Gasteiger partial charge in [0.1, 0.15) is 0 Å². The van der Waals surface area contributed by atoms with Crippen LogP contribution in [0.5, 0.6) is 0 Å². The van der Waals surface area contributed by atoms with Gasteiger partial charge in [0.2, 0.25) is 0 Å². The van der Waals surface area contributed by atoms with Gasteiger partial charge in [0, 0.05) is 0 Å². The van der Waals surface area contributed by atoms with E-state index < -0.39 is 5.97 Å². The van der Waals surface area contributed by atoms with Crippen molar-refractivity contribution in [3.63, 3.8) is 0 Å². The van der Waals surface area contributed by atoms with Gasteiger partial charge in [-0.3, -0.25) is 0 Å². The van der Waals surface area contributed by atoms with E-state index in [9.17, 15) is 9.90 Å². The second-order valence-electron chi connectivity index (χ2n) is 4.88. The Morgan fingerprint density at radius 2 is 2.10 bits per heavy atom. The number of benzene rings is 1. The van der Waals surface area contributed by atoms with Crippen molar-refractivity contribution in [2.24, 2.45) is 0 Å². The summed E-state index contributed by atoms with van der Waals surface area (Å²) in [4.78, 5) is 11.2. The van der Waals surface area contributed by atoms with Crippen molar-refractivity contribution >= 4 is 5.97 Å². The fourth-order valence-corrected chi connectivity index (χ4v) is 2.17. The first kappa shape index (κ1) is 14.2. The Hall–Kier alpha value is -2.17. The lowest BCUT2D eigenvalue weighted by Gasteiger charge is -2.09. The largest absolute Gasteiger partial charge is 0.476 e. The van der Waals surface area contributed by atoms with Gasteiger partial charge in [-0.25, -0.2) is 9.48 Å². The third kappa shape index (κ3) is 3.04. The number of unbranched alkanes of at least 4 members (excludes halogenated alkanes) is 1. The van der Waals surface area contributed by atoms with E-state index in [4.69, 9.17) is 0 Å². The van der Waals surface area contributed by atoms with Gasteiger partial charge in [-0.2, -0.15) is 0 Å². The Labute approximate surface area is 118 Å². The van der Waals surface area contributed by atoms with Crippen LogP contribution >= 0.6 is 0 Å². The molecule has 0 amide bonds. The van der Waals surface area contributed by atoms with E-state index in [-0.39, 0.29) is 5.69 Å². The maximum absolute atomic E-state index is 11.2. The van der Waals surface area contributed by atoms with Crippen LogP contribution in [0.15, 0.2) is 24.3 Å². The predicted octanol–water partition coefficient (Wildman–Crippen LogP) is 2.68. The normalized spacial score (nSPS) is 10.7. The van der Waals surface area contributed by atoms with E-state index in [2.05, 4.69) is 17.2 Å². The molecule has 5 nitrogen and oxygen atoms in total. The minimum Gasteiger partial charge on any atom is -0.476 e. The quantitative estimate of drug-likeness (QED) is 0.878. The van der Waals surface area contributed by atoms with Crippen molar-refractivity contribution < 1.29 is 9.90 Å². The van der Waals surface area contributed by atoms with Crippen molar-refractivity contribution in [2.75, 3.05) is 0 Å². The number of hydrogen-bond donors (Lipinski definition) is 1. The molecule has 0 aliphatic heterocycles. The topological polar surface area (TPSA) is 68.0 Å². The summed E-state index contributed by atoms with van der Waals surface area (Å²) in [5.74, 6) is -1.01. The summed E-state index contributed by atoms with van der Waals surface area (Å²) < 4.78 is 1.71. The van der Waals surface area contributed by atoms with Crippen molar-refractivity contribution in [1.82, 2.24) is 15.0 Å². The van der Waals surface area contributed by atoms with Crippen LogP contribution in [0.2, 0.25) is 0 Å². The Morgan fingerprint density at radius 1 is 1.35 bits per heavy atom. The molecule has 2 rings (SSSR count). The zero-order valence-corrected chi connectivity index (χ0v) is 11.8. The number of aromatic carboxylic acids is 1. The zero-order valence-electron chi connectivity index (χ0n) is 11.8. The van der Waals surface area contributed by atoms with Crippen LogP contribution in [-0.4, -0.2) is 26.1 Å². The van der Waals surface area contributed by atoms with E-state index in [1.807, 2.05) is 31.2 Å². The number of carbonyl (C=O) groups is 1. The highest BCUT2D eigenvalue weighted by atomic mass is 16.4. The van der Waals surface area contributed by atoms with Crippen molar-refractivity contribution in [3.05, 3.63) is 46.8 Å². The average Bonchev–Trinajstić information content (AvgIpc) is 2.82. The number of rotatable bonds is 6. The lowest BCUT2D eigenvalue weighted by Crippen LogP contribution is -2.10. The number of aromatic nitrogens is 3. The summed E-state index contributed by atoms with van der Waals surface area (Å²) in [5.41, 5.74) is 3.09. The van der Waals surface area contributed by atoms with Gasteiger partial charge in [0.15, 0.2) is 5.69 Å². The molecule has 0 saturated carbocycles. The maximum atomic E-state index is 11.2. The van der Waals surface area contributed by atoms with Crippen molar-refractivity contribution in [2.45, 2.75) is 39.7 Å². The smallest absolute Gasteiger partial charge is 0.358 e. The standard InChI is InChI=1S/C15H19N3O2/c1-3-4-9-13-14(15(19)20)16-17-18(13)10-12-8-6-5-7-11(12)2/h5-8H,3-4,9-10H2,1-2H3,(H,19,20). The highest BCUT2D eigenvalue weighted by Crippen LogP contribution is 2.14. The predicted molar refractivity (Wildman–Crippen MR) is 75.9 cm³/mol. The average molecular weight is 273 g/mol. The molecule has 1 N–H and O–H groups in total. The molecule has 5 heteroatoms. The summed E-state index contributed by atoms with van der Waals surface area (Å²) in [6.45, 7) is 4.68. The van der Waals surface area contributed by atoms with Gasteiger partial charge >= 0.3 is 5.97 Å². The van der Waals surface area contributed by atoms with Gasteiger partial charge in [-0.05, 0) is 30.9 Å². The Kier molecular flexibility index (Phi) is 4.50. The van der Waals surface area contributed by atoms with Crippen LogP contribution in [0.1, 0.15) is 47.1 Å². The first-order chi connectivity index (χ1) is 9.63. The molecular formula is C15H19N3O2. The van der Waals surface area contributed by atoms with Crippen LogP contribution in [0.3, 0.4) is 0 Å². The lowest BCUT2D eigenvalue weighted by molar-refractivity contribution is 0.0689. The summed E-state index contributed by atoms with van der Waals surface area (Å²) >= 11 is 0. The third-order valence-electron chi connectivity index (χ3n) is 3.39. The van der Waals surface area contributed by atoms with Crippen LogP contribution in [0, 0.1) is 6.92 Å². The summed E-state index contributed by atoms with van der Waals surface area (Å²) in [6, 6.07) is 8.03. The Balaban J connectivity index is 2.31. The molecule has 1 aromatic carbocycles. The Morgan fingerprint density at radius 3 is 2.75 bits per heavy atom. The van der Waals surface area contributed by atoms with Gasteiger partial charge in [-0.1, -0.05) is 42.8 Å². The first-order valence-corrected chi connectivity index (χ1v) is 6.83. The Bertz CT molecular complexity index is 605. The van der Waals surface area contributed by atoms with Crippen LogP contribution < -0.4 is 0 Å². The molecule has 0 spiro atoms. The number of carboxylic acid groups (broad SMARTS) is 1. The third-order valence-corrected chi connectivity index (χ3v) is 3.39. The molecule has 1 heterocycles. The first-order valence-electron chi connectivity index (χ1n) is 6.83. The summed E-state index contributed by atoms with van der Waals surface area (Å²) in [6.07, 6.45) is 2.63. The van der Waals surface area contributed by atoms with Crippen LogP contribution in [0.4, 0.5) is 0 Å². The highest BCUT2D eigenvalue weighted by molar-refractivity contribution is 5.86.